The Morgan fingerprint density at radius 3 is 2.85 bits per heavy atom. The van der Waals surface area contributed by atoms with Gasteiger partial charge in [0.2, 0.25) is 0 Å². The van der Waals surface area contributed by atoms with E-state index in [2.05, 4.69) is 26.0 Å². The van der Waals surface area contributed by atoms with E-state index in [1.54, 1.807) is 0 Å². The Balaban J connectivity index is 2.83. The van der Waals surface area contributed by atoms with Crippen molar-refractivity contribution in [3.63, 3.8) is 0 Å². The summed E-state index contributed by atoms with van der Waals surface area (Å²) < 4.78 is 5.56. The van der Waals surface area contributed by atoms with Crippen LogP contribution in [0.1, 0.15) is 27.2 Å². The second kappa shape index (κ2) is 4.90. The highest BCUT2D eigenvalue weighted by Crippen LogP contribution is 2.26. The molecule has 1 heterocycles. The molecule has 72 valence electrons. The Kier molecular flexibility index (Phi) is 3.81. The third-order valence-electron chi connectivity index (χ3n) is 2.16. The molecule has 0 saturated carbocycles. The zero-order valence-electron chi connectivity index (χ0n) is 8.71. The summed E-state index contributed by atoms with van der Waals surface area (Å²) in [5, 5.41) is 0. The molecule has 1 atom stereocenters. The monoisotopic (exact) mass is 178 g/mol. The first-order chi connectivity index (χ1) is 6.29. The molecular weight excluding hydrogens is 160 g/mol. The highest BCUT2D eigenvalue weighted by Gasteiger charge is 2.19. The van der Waals surface area contributed by atoms with Crippen LogP contribution in [-0.4, -0.2) is 6.61 Å². The predicted octanol–water partition coefficient (Wildman–Crippen LogP) is 3.45. The first-order valence-electron chi connectivity index (χ1n) is 4.95. The van der Waals surface area contributed by atoms with Crippen molar-refractivity contribution < 1.29 is 4.74 Å². The molecular formula is C12H18O. The molecule has 1 aliphatic heterocycles. The van der Waals surface area contributed by atoms with Crippen molar-refractivity contribution in [2.24, 2.45) is 5.92 Å². The molecule has 13 heavy (non-hydrogen) atoms. The summed E-state index contributed by atoms with van der Waals surface area (Å²) in [6, 6.07) is 0. The van der Waals surface area contributed by atoms with Gasteiger partial charge in [0, 0.05) is 5.92 Å². The summed E-state index contributed by atoms with van der Waals surface area (Å²) in [4.78, 5) is 0. The maximum Gasteiger partial charge on any atom is 0.122 e. The summed E-state index contributed by atoms with van der Waals surface area (Å²) >= 11 is 0. The molecule has 0 aliphatic carbocycles. The topological polar surface area (TPSA) is 9.23 Å². The molecule has 0 N–H and O–H groups in total. The van der Waals surface area contributed by atoms with Crippen LogP contribution >= 0.6 is 0 Å². The Morgan fingerprint density at radius 2 is 2.23 bits per heavy atom. The summed E-state index contributed by atoms with van der Waals surface area (Å²) in [7, 11) is 0. The molecule has 0 aromatic carbocycles. The minimum absolute atomic E-state index is 0.536. The van der Waals surface area contributed by atoms with Crippen molar-refractivity contribution in [3.05, 3.63) is 35.6 Å². The highest BCUT2D eigenvalue weighted by molar-refractivity contribution is 5.33. The number of hydrogen-bond acceptors (Lipinski definition) is 1. The van der Waals surface area contributed by atoms with Crippen LogP contribution in [0.4, 0.5) is 0 Å². The van der Waals surface area contributed by atoms with Crippen molar-refractivity contribution in [1.82, 2.24) is 0 Å². The lowest BCUT2D eigenvalue weighted by atomic mass is 10.0. The molecule has 0 fully saturated rings. The number of ether oxygens (including phenoxy) is 1. The van der Waals surface area contributed by atoms with Crippen molar-refractivity contribution in [3.8, 4) is 0 Å². The molecule has 0 radical (unpaired) electrons. The van der Waals surface area contributed by atoms with E-state index in [9.17, 15) is 0 Å². The van der Waals surface area contributed by atoms with Gasteiger partial charge in [-0.15, -0.1) is 0 Å². The summed E-state index contributed by atoms with van der Waals surface area (Å²) in [6.45, 7) is 7.18. The maximum atomic E-state index is 5.56. The van der Waals surface area contributed by atoms with Crippen molar-refractivity contribution >= 4 is 0 Å². The van der Waals surface area contributed by atoms with Crippen molar-refractivity contribution in [1.29, 1.82) is 0 Å². The molecule has 0 aromatic heterocycles. The SMILES string of the molecule is C/C=C\C1=C(/C=C\CC)C(C)CO1. The maximum absolute atomic E-state index is 5.56. The fourth-order valence-electron chi connectivity index (χ4n) is 1.42. The number of allylic oxidation sites excluding steroid dienone is 4. The molecule has 0 aromatic rings. The molecule has 0 bridgehead atoms. The molecule has 1 rings (SSSR count). The van der Waals surface area contributed by atoms with E-state index in [0.29, 0.717) is 5.92 Å². The van der Waals surface area contributed by atoms with Gasteiger partial charge in [-0.25, -0.2) is 0 Å². The van der Waals surface area contributed by atoms with Gasteiger partial charge >= 0.3 is 0 Å². The normalized spacial score (nSPS) is 23.5. The Bertz CT molecular complexity index is 246. The van der Waals surface area contributed by atoms with Gasteiger partial charge in [0.1, 0.15) is 5.76 Å². The fraction of sp³-hybridized carbons (Fsp3) is 0.500. The van der Waals surface area contributed by atoms with Crippen molar-refractivity contribution in [2.45, 2.75) is 27.2 Å². The lowest BCUT2D eigenvalue weighted by molar-refractivity contribution is 0.234. The van der Waals surface area contributed by atoms with E-state index in [1.807, 2.05) is 19.1 Å². The van der Waals surface area contributed by atoms with Crippen LogP contribution < -0.4 is 0 Å². The summed E-state index contributed by atoms with van der Waals surface area (Å²) in [6.07, 6.45) is 9.52. The second-order valence-corrected chi connectivity index (χ2v) is 3.34. The van der Waals surface area contributed by atoms with E-state index in [4.69, 9.17) is 4.74 Å². The van der Waals surface area contributed by atoms with Crippen LogP contribution in [0.5, 0.6) is 0 Å². The van der Waals surface area contributed by atoms with Gasteiger partial charge in [-0.05, 0) is 25.0 Å². The summed E-state index contributed by atoms with van der Waals surface area (Å²) in [5.74, 6) is 1.58. The van der Waals surface area contributed by atoms with Crippen LogP contribution in [0.15, 0.2) is 35.6 Å². The zero-order valence-corrected chi connectivity index (χ0v) is 8.71. The van der Waals surface area contributed by atoms with E-state index < -0.39 is 0 Å². The van der Waals surface area contributed by atoms with Gasteiger partial charge in [-0.1, -0.05) is 32.1 Å². The molecule has 1 nitrogen and oxygen atoms in total. The average molecular weight is 178 g/mol. The smallest absolute Gasteiger partial charge is 0.122 e. The average Bonchev–Trinajstić information content (AvgIpc) is 2.45. The van der Waals surface area contributed by atoms with Gasteiger partial charge in [0.05, 0.1) is 6.61 Å². The van der Waals surface area contributed by atoms with Gasteiger partial charge in [-0.2, -0.15) is 0 Å². The van der Waals surface area contributed by atoms with Gasteiger partial charge < -0.3 is 4.74 Å². The van der Waals surface area contributed by atoms with Gasteiger partial charge in [-0.3, -0.25) is 0 Å². The van der Waals surface area contributed by atoms with Gasteiger partial charge in [0.25, 0.3) is 0 Å². The van der Waals surface area contributed by atoms with Crippen molar-refractivity contribution in [2.75, 3.05) is 6.61 Å². The number of hydrogen-bond donors (Lipinski definition) is 0. The first-order valence-corrected chi connectivity index (χ1v) is 4.95. The van der Waals surface area contributed by atoms with E-state index in [1.165, 1.54) is 5.57 Å². The minimum atomic E-state index is 0.536. The molecule has 0 amide bonds. The van der Waals surface area contributed by atoms with E-state index >= 15 is 0 Å². The second-order valence-electron chi connectivity index (χ2n) is 3.34. The van der Waals surface area contributed by atoms with E-state index in [-0.39, 0.29) is 0 Å². The molecule has 0 spiro atoms. The molecule has 0 saturated heterocycles. The Morgan fingerprint density at radius 1 is 1.46 bits per heavy atom. The standard InChI is InChI=1S/C12H18O/c1-4-6-8-11-10(3)9-13-12(11)7-5-2/h5-8,10H,4,9H2,1-3H3/b7-5-,8-6-. The zero-order chi connectivity index (χ0) is 9.68. The Hall–Kier alpha value is -0.980. The largest absolute Gasteiger partial charge is 0.493 e. The summed E-state index contributed by atoms with van der Waals surface area (Å²) in [5.41, 5.74) is 1.33. The van der Waals surface area contributed by atoms with Crippen LogP contribution in [0.3, 0.4) is 0 Å². The molecule has 1 heteroatoms. The lowest BCUT2D eigenvalue weighted by Gasteiger charge is -1.99. The minimum Gasteiger partial charge on any atom is -0.493 e. The van der Waals surface area contributed by atoms with Gasteiger partial charge in [0.15, 0.2) is 0 Å². The quantitative estimate of drug-likeness (QED) is 0.643. The van der Waals surface area contributed by atoms with Crippen LogP contribution in [-0.2, 0) is 4.74 Å². The predicted molar refractivity (Wildman–Crippen MR) is 56.4 cm³/mol. The third-order valence-corrected chi connectivity index (χ3v) is 2.16. The molecule has 1 aliphatic rings. The third kappa shape index (κ3) is 2.48. The molecule has 1 unspecified atom stereocenters. The highest BCUT2D eigenvalue weighted by atomic mass is 16.5. The van der Waals surface area contributed by atoms with Crippen LogP contribution in [0.2, 0.25) is 0 Å². The van der Waals surface area contributed by atoms with E-state index in [0.717, 1.165) is 18.8 Å². The Labute approximate surface area is 80.8 Å². The number of rotatable bonds is 3. The fourth-order valence-corrected chi connectivity index (χ4v) is 1.42. The first kappa shape index (κ1) is 10.1. The van der Waals surface area contributed by atoms with Crippen LogP contribution in [0, 0.1) is 5.92 Å². The lowest BCUT2D eigenvalue weighted by Crippen LogP contribution is -1.95. The van der Waals surface area contributed by atoms with Crippen LogP contribution in [0.25, 0.3) is 0 Å².